The van der Waals surface area contributed by atoms with Gasteiger partial charge in [-0.2, -0.15) is 10.1 Å². The summed E-state index contributed by atoms with van der Waals surface area (Å²) in [6.07, 6.45) is 0. The Balaban J connectivity index is 2.31. The summed E-state index contributed by atoms with van der Waals surface area (Å²) in [5, 5.41) is 5.37. The molecule has 0 aromatic heterocycles. The van der Waals surface area contributed by atoms with Gasteiger partial charge in [0, 0.05) is 0 Å². The first kappa shape index (κ1) is 11.8. The molecule has 0 N–H and O–H groups in total. The Hall–Kier alpha value is -1.68. The second-order valence-electron chi connectivity index (χ2n) is 3.76. The number of carbonyl (C=O) groups is 2. The van der Waals surface area contributed by atoms with E-state index in [1.807, 2.05) is 18.2 Å². The van der Waals surface area contributed by atoms with Gasteiger partial charge in [-0.3, -0.25) is 9.59 Å². The van der Waals surface area contributed by atoms with Gasteiger partial charge in [0.05, 0.1) is 17.3 Å². The number of ketones is 1. The molecular formula is C12H11ClN2O2. The zero-order valence-electron chi connectivity index (χ0n) is 9.26. The van der Waals surface area contributed by atoms with Gasteiger partial charge < -0.3 is 0 Å². The monoisotopic (exact) mass is 250 g/mol. The molecule has 1 amide bonds. The van der Waals surface area contributed by atoms with Crippen LogP contribution in [0.5, 0.6) is 0 Å². The van der Waals surface area contributed by atoms with Gasteiger partial charge in [-0.15, -0.1) is 11.6 Å². The molecule has 2 rings (SSSR count). The number of anilines is 1. The molecule has 1 atom stereocenters. The molecule has 0 saturated carbocycles. The van der Waals surface area contributed by atoms with E-state index in [4.69, 9.17) is 11.6 Å². The van der Waals surface area contributed by atoms with Crippen LogP contribution in [0.15, 0.2) is 35.4 Å². The fraction of sp³-hybridized carbons (Fsp3) is 0.250. The molecule has 0 saturated heterocycles. The molecule has 1 aliphatic heterocycles. The molecule has 0 fully saturated rings. The van der Waals surface area contributed by atoms with Crippen molar-refractivity contribution in [2.45, 2.75) is 6.92 Å². The van der Waals surface area contributed by atoms with Crippen molar-refractivity contribution in [3.63, 3.8) is 0 Å². The van der Waals surface area contributed by atoms with E-state index in [1.54, 1.807) is 19.1 Å². The number of benzene rings is 1. The lowest BCUT2D eigenvalue weighted by Crippen LogP contribution is -2.33. The van der Waals surface area contributed by atoms with Gasteiger partial charge in [-0.1, -0.05) is 18.2 Å². The van der Waals surface area contributed by atoms with E-state index in [-0.39, 0.29) is 17.6 Å². The number of hydrogen-bond acceptors (Lipinski definition) is 3. The van der Waals surface area contributed by atoms with Gasteiger partial charge in [-0.05, 0) is 19.1 Å². The van der Waals surface area contributed by atoms with E-state index in [9.17, 15) is 9.59 Å². The summed E-state index contributed by atoms with van der Waals surface area (Å²) in [4.78, 5) is 23.6. The predicted octanol–water partition coefficient (Wildman–Crippen LogP) is 1.83. The Morgan fingerprint density at radius 3 is 2.65 bits per heavy atom. The van der Waals surface area contributed by atoms with Gasteiger partial charge >= 0.3 is 0 Å². The summed E-state index contributed by atoms with van der Waals surface area (Å²) in [5.74, 6) is -1.64. The fourth-order valence-electron chi connectivity index (χ4n) is 1.77. The van der Waals surface area contributed by atoms with E-state index < -0.39 is 5.92 Å². The standard InChI is InChI=1S/C12H11ClN2O2/c1-8-11(10(16)7-13)12(17)15(14-8)9-5-3-2-4-6-9/h2-6,11H,7H2,1H3. The minimum Gasteiger partial charge on any atom is -0.297 e. The van der Waals surface area contributed by atoms with Crippen LogP contribution in [-0.2, 0) is 9.59 Å². The molecule has 1 aliphatic rings. The molecule has 1 aromatic carbocycles. The average molecular weight is 251 g/mol. The SMILES string of the molecule is CC1=NN(c2ccccc2)C(=O)C1C(=O)CCl. The van der Waals surface area contributed by atoms with Crippen LogP contribution in [0.2, 0.25) is 0 Å². The van der Waals surface area contributed by atoms with E-state index in [2.05, 4.69) is 5.10 Å². The van der Waals surface area contributed by atoms with Crippen LogP contribution >= 0.6 is 11.6 Å². The largest absolute Gasteiger partial charge is 0.297 e. The maximum atomic E-state index is 12.0. The lowest BCUT2D eigenvalue weighted by atomic mass is 10.0. The molecule has 0 radical (unpaired) electrons. The topological polar surface area (TPSA) is 49.7 Å². The van der Waals surface area contributed by atoms with Crippen LogP contribution in [0.1, 0.15) is 6.92 Å². The number of rotatable bonds is 3. The third kappa shape index (κ3) is 2.08. The van der Waals surface area contributed by atoms with Gasteiger partial charge in [0.15, 0.2) is 5.78 Å². The molecule has 1 aromatic rings. The minimum atomic E-state index is -0.826. The van der Waals surface area contributed by atoms with Gasteiger partial charge in [0.25, 0.3) is 5.91 Å². The number of hydrogen-bond donors (Lipinski definition) is 0. The first-order valence-corrected chi connectivity index (χ1v) is 5.71. The van der Waals surface area contributed by atoms with Gasteiger partial charge in [0.2, 0.25) is 0 Å². The van der Waals surface area contributed by atoms with Crippen LogP contribution in [0.25, 0.3) is 0 Å². The van der Waals surface area contributed by atoms with Crippen molar-refractivity contribution in [1.82, 2.24) is 0 Å². The summed E-state index contributed by atoms with van der Waals surface area (Å²) in [5.41, 5.74) is 1.14. The summed E-state index contributed by atoms with van der Waals surface area (Å²) in [6.45, 7) is 1.66. The van der Waals surface area contributed by atoms with Crippen LogP contribution in [0.3, 0.4) is 0 Å². The van der Waals surface area contributed by atoms with Crippen molar-refractivity contribution >= 4 is 34.7 Å². The Kier molecular flexibility index (Phi) is 3.24. The molecule has 17 heavy (non-hydrogen) atoms. The first-order chi connectivity index (χ1) is 8.15. The van der Waals surface area contributed by atoms with E-state index in [1.165, 1.54) is 5.01 Å². The Bertz CT molecular complexity index is 485. The Morgan fingerprint density at radius 2 is 2.06 bits per heavy atom. The quantitative estimate of drug-likeness (QED) is 0.607. The minimum absolute atomic E-state index is 0.175. The average Bonchev–Trinajstić information content (AvgIpc) is 2.65. The van der Waals surface area contributed by atoms with Crippen molar-refractivity contribution in [2.75, 3.05) is 10.9 Å². The fourth-order valence-corrected chi connectivity index (χ4v) is 1.92. The van der Waals surface area contributed by atoms with E-state index in [0.717, 1.165) is 0 Å². The molecule has 88 valence electrons. The molecule has 4 nitrogen and oxygen atoms in total. The second-order valence-corrected chi connectivity index (χ2v) is 4.03. The zero-order chi connectivity index (χ0) is 12.4. The van der Waals surface area contributed by atoms with Gasteiger partial charge in [0.1, 0.15) is 5.92 Å². The smallest absolute Gasteiger partial charge is 0.263 e. The summed E-state index contributed by atoms with van der Waals surface area (Å²) in [6, 6.07) is 9.00. The molecule has 0 aliphatic carbocycles. The molecule has 5 heteroatoms. The number of Topliss-reactive ketones (excluding diaryl/α,β-unsaturated/α-hetero) is 1. The Labute approximate surface area is 104 Å². The second kappa shape index (κ2) is 4.67. The number of para-hydroxylation sites is 1. The van der Waals surface area contributed by atoms with Crippen molar-refractivity contribution in [3.8, 4) is 0 Å². The number of amides is 1. The predicted molar refractivity (Wildman–Crippen MR) is 66.3 cm³/mol. The van der Waals surface area contributed by atoms with Crippen LogP contribution in [0, 0.1) is 5.92 Å². The Morgan fingerprint density at radius 1 is 1.41 bits per heavy atom. The number of alkyl halides is 1. The van der Waals surface area contributed by atoms with Crippen LogP contribution < -0.4 is 5.01 Å². The van der Waals surface area contributed by atoms with E-state index in [0.29, 0.717) is 11.4 Å². The molecular weight excluding hydrogens is 240 g/mol. The highest BCUT2D eigenvalue weighted by molar-refractivity contribution is 6.36. The summed E-state index contributed by atoms with van der Waals surface area (Å²) >= 11 is 5.48. The summed E-state index contributed by atoms with van der Waals surface area (Å²) in [7, 11) is 0. The highest BCUT2D eigenvalue weighted by Gasteiger charge is 2.38. The highest BCUT2D eigenvalue weighted by Crippen LogP contribution is 2.24. The lowest BCUT2D eigenvalue weighted by Gasteiger charge is -2.12. The maximum absolute atomic E-state index is 12.0. The van der Waals surface area contributed by atoms with Gasteiger partial charge in [-0.25, -0.2) is 0 Å². The van der Waals surface area contributed by atoms with Crippen molar-refractivity contribution in [2.24, 2.45) is 11.0 Å². The first-order valence-electron chi connectivity index (χ1n) is 5.18. The third-order valence-electron chi connectivity index (χ3n) is 2.59. The normalized spacial score (nSPS) is 19.4. The number of hydrazone groups is 1. The zero-order valence-corrected chi connectivity index (χ0v) is 10.0. The number of nitrogens with zero attached hydrogens (tertiary/aromatic N) is 2. The molecule has 0 bridgehead atoms. The van der Waals surface area contributed by atoms with Crippen molar-refractivity contribution in [3.05, 3.63) is 30.3 Å². The van der Waals surface area contributed by atoms with Crippen LogP contribution in [0.4, 0.5) is 5.69 Å². The highest BCUT2D eigenvalue weighted by atomic mass is 35.5. The van der Waals surface area contributed by atoms with Crippen molar-refractivity contribution < 1.29 is 9.59 Å². The molecule has 1 heterocycles. The van der Waals surface area contributed by atoms with Crippen molar-refractivity contribution in [1.29, 1.82) is 0 Å². The number of carbonyl (C=O) groups excluding carboxylic acids is 2. The van der Waals surface area contributed by atoms with Crippen LogP contribution in [-0.4, -0.2) is 23.3 Å². The van der Waals surface area contributed by atoms with E-state index >= 15 is 0 Å². The molecule has 0 spiro atoms. The molecule has 1 unspecified atom stereocenters. The number of halogens is 1. The summed E-state index contributed by atoms with van der Waals surface area (Å²) < 4.78 is 0. The maximum Gasteiger partial charge on any atom is 0.263 e. The lowest BCUT2D eigenvalue weighted by molar-refractivity contribution is -0.127. The third-order valence-corrected chi connectivity index (χ3v) is 2.85.